The molecule has 1 amide bonds. The number of para-hydroxylation sites is 1. The van der Waals surface area contributed by atoms with Crippen LogP contribution >= 0.6 is 0 Å². The van der Waals surface area contributed by atoms with Gasteiger partial charge in [0.25, 0.3) is 5.91 Å². The summed E-state index contributed by atoms with van der Waals surface area (Å²) < 4.78 is 0. The first kappa shape index (κ1) is 15.0. The number of hydrogen-bond donors (Lipinski definition) is 1. The number of nitriles is 2. The minimum atomic E-state index is -0.457. The van der Waals surface area contributed by atoms with Crippen LogP contribution < -0.4 is 5.32 Å². The van der Waals surface area contributed by atoms with E-state index in [-0.39, 0.29) is 5.57 Å². The van der Waals surface area contributed by atoms with Crippen LogP contribution in [-0.2, 0) is 4.79 Å². The van der Waals surface area contributed by atoms with Gasteiger partial charge in [0.2, 0.25) is 0 Å². The molecule has 0 fully saturated rings. The average Bonchev–Trinajstić information content (AvgIpc) is 2.55. The molecule has 0 bridgehead atoms. The predicted molar refractivity (Wildman–Crippen MR) is 84.6 cm³/mol. The highest BCUT2D eigenvalue weighted by Gasteiger charge is 2.10. The van der Waals surface area contributed by atoms with Crippen LogP contribution in [0.4, 0.5) is 5.69 Å². The number of benzene rings is 2. The van der Waals surface area contributed by atoms with Crippen molar-refractivity contribution in [3.05, 3.63) is 70.8 Å². The van der Waals surface area contributed by atoms with E-state index >= 15 is 0 Å². The molecule has 0 aliphatic carbocycles. The van der Waals surface area contributed by atoms with E-state index in [4.69, 9.17) is 5.26 Å². The van der Waals surface area contributed by atoms with Crippen LogP contribution in [0.3, 0.4) is 0 Å². The van der Waals surface area contributed by atoms with Crippen molar-refractivity contribution in [2.45, 2.75) is 6.92 Å². The number of carbonyl (C=O) groups excluding carboxylic acids is 1. The Kier molecular flexibility index (Phi) is 4.70. The first-order valence-electron chi connectivity index (χ1n) is 6.63. The fourth-order valence-corrected chi connectivity index (χ4v) is 1.87. The van der Waals surface area contributed by atoms with Crippen molar-refractivity contribution in [3.8, 4) is 12.1 Å². The third kappa shape index (κ3) is 3.59. The highest BCUT2D eigenvalue weighted by atomic mass is 16.1. The van der Waals surface area contributed by atoms with Gasteiger partial charge in [0, 0.05) is 5.69 Å². The van der Waals surface area contributed by atoms with Crippen LogP contribution in [0.2, 0.25) is 0 Å². The Morgan fingerprint density at radius 2 is 1.77 bits per heavy atom. The van der Waals surface area contributed by atoms with Crippen LogP contribution in [-0.4, -0.2) is 5.91 Å². The number of anilines is 1. The molecule has 2 aromatic carbocycles. The lowest BCUT2D eigenvalue weighted by molar-refractivity contribution is -0.112. The summed E-state index contributed by atoms with van der Waals surface area (Å²) in [6.07, 6.45) is 1.49. The van der Waals surface area contributed by atoms with Crippen LogP contribution in [0.5, 0.6) is 0 Å². The fraction of sp³-hybridized carbons (Fsp3) is 0.0556. The maximum absolute atomic E-state index is 12.2. The summed E-state index contributed by atoms with van der Waals surface area (Å²) in [5, 5.41) is 20.6. The molecular formula is C18H13N3O. The van der Waals surface area contributed by atoms with Crippen LogP contribution in [0.1, 0.15) is 16.7 Å². The van der Waals surface area contributed by atoms with E-state index in [9.17, 15) is 10.1 Å². The molecule has 4 heteroatoms. The molecule has 0 spiro atoms. The Balaban J connectivity index is 2.22. The minimum Gasteiger partial charge on any atom is -0.321 e. The Morgan fingerprint density at radius 1 is 1.09 bits per heavy atom. The Labute approximate surface area is 128 Å². The number of rotatable bonds is 3. The average molecular weight is 287 g/mol. The molecule has 0 aliphatic heterocycles. The Hall–Kier alpha value is -3.37. The lowest BCUT2D eigenvalue weighted by atomic mass is 10.1. The standard InChI is InChI=1S/C18H13N3O/c1-13-4-2-3-5-17(13)21-18(22)16(12-20)10-14-6-8-15(11-19)9-7-14/h2-10H,1H3,(H,21,22)/b16-10+. The first-order chi connectivity index (χ1) is 10.6. The minimum absolute atomic E-state index is 0.00737. The largest absolute Gasteiger partial charge is 0.321 e. The normalized spacial score (nSPS) is 10.4. The van der Waals surface area contributed by atoms with Gasteiger partial charge in [-0.05, 0) is 42.3 Å². The molecule has 0 heterocycles. The summed E-state index contributed by atoms with van der Waals surface area (Å²) in [6, 6.07) is 17.9. The SMILES string of the molecule is Cc1ccccc1NC(=O)/C(C#N)=C/c1ccc(C#N)cc1. The van der Waals surface area contributed by atoms with Crippen molar-refractivity contribution >= 4 is 17.7 Å². The van der Waals surface area contributed by atoms with E-state index in [1.807, 2.05) is 37.3 Å². The molecule has 0 aromatic heterocycles. The molecule has 2 rings (SSSR count). The van der Waals surface area contributed by atoms with Crippen molar-refractivity contribution in [2.75, 3.05) is 5.32 Å². The van der Waals surface area contributed by atoms with Crippen molar-refractivity contribution < 1.29 is 4.79 Å². The predicted octanol–water partition coefficient (Wildman–Crippen LogP) is 3.41. The number of carbonyl (C=O) groups is 1. The van der Waals surface area contributed by atoms with Crippen LogP contribution in [0.25, 0.3) is 6.08 Å². The van der Waals surface area contributed by atoms with Crippen molar-refractivity contribution in [1.29, 1.82) is 10.5 Å². The zero-order valence-corrected chi connectivity index (χ0v) is 12.0. The monoisotopic (exact) mass is 287 g/mol. The third-order valence-electron chi connectivity index (χ3n) is 3.11. The summed E-state index contributed by atoms with van der Waals surface area (Å²) in [7, 11) is 0. The van der Waals surface area contributed by atoms with E-state index < -0.39 is 5.91 Å². The number of hydrogen-bond acceptors (Lipinski definition) is 3. The summed E-state index contributed by atoms with van der Waals surface area (Å²) in [6.45, 7) is 1.88. The van der Waals surface area contributed by atoms with Gasteiger partial charge >= 0.3 is 0 Å². The highest BCUT2D eigenvalue weighted by Crippen LogP contribution is 2.15. The van der Waals surface area contributed by atoms with Gasteiger partial charge in [-0.25, -0.2) is 0 Å². The highest BCUT2D eigenvalue weighted by molar-refractivity contribution is 6.09. The van der Waals surface area contributed by atoms with Crippen molar-refractivity contribution in [3.63, 3.8) is 0 Å². The molecular weight excluding hydrogens is 274 g/mol. The zero-order chi connectivity index (χ0) is 15.9. The zero-order valence-electron chi connectivity index (χ0n) is 12.0. The number of aryl methyl sites for hydroxylation is 1. The van der Waals surface area contributed by atoms with Gasteiger partial charge in [-0.1, -0.05) is 30.3 Å². The van der Waals surface area contributed by atoms with Gasteiger partial charge in [-0.2, -0.15) is 10.5 Å². The first-order valence-corrected chi connectivity index (χ1v) is 6.63. The molecule has 0 atom stereocenters. The molecule has 106 valence electrons. The van der Waals surface area contributed by atoms with Gasteiger partial charge in [-0.15, -0.1) is 0 Å². The molecule has 4 nitrogen and oxygen atoms in total. The van der Waals surface area contributed by atoms with Crippen LogP contribution in [0.15, 0.2) is 54.1 Å². The van der Waals surface area contributed by atoms with Gasteiger partial charge in [0.1, 0.15) is 11.6 Å². The molecule has 1 N–H and O–H groups in total. The lowest BCUT2D eigenvalue weighted by Gasteiger charge is -2.07. The topological polar surface area (TPSA) is 76.7 Å². The Bertz CT molecular complexity index is 805. The van der Waals surface area contributed by atoms with Gasteiger partial charge in [0.05, 0.1) is 11.6 Å². The van der Waals surface area contributed by atoms with Gasteiger partial charge < -0.3 is 5.32 Å². The second kappa shape index (κ2) is 6.88. The molecule has 22 heavy (non-hydrogen) atoms. The van der Waals surface area contributed by atoms with Crippen molar-refractivity contribution in [1.82, 2.24) is 0 Å². The molecule has 0 saturated heterocycles. The smallest absolute Gasteiger partial charge is 0.266 e. The van der Waals surface area contributed by atoms with Gasteiger partial charge in [-0.3, -0.25) is 4.79 Å². The summed E-state index contributed by atoms with van der Waals surface area (Å²) in [5.74, 6) is -0.457. The summed E-state index contributed by atoms with van der Waals surface area (Å²) in [4.78, 5) is 12.2. The molecule has 0 unspecified atom stereocenters. The number of nitrogens with zero attached hydrogens (tertiary/aromatic N) is 2. The molecule has 2 aromatic rings. The Morgan fingerprint density at radius 3 is 2.36 bits per heavy atom. The van der Waals surface area contributed by atoms with Gasteiger partial charge in [0.15, 0.2) is 0 Å². The van der Waals surface area contributed by atoms with E-state index in [2.05, 4.69) is 5.32 Å². The molecule has 0 radical (unpaired) electrons. The number of amides is 1. The second-order valence-electron chi connectivity index (χ2n) is 4.67. The maximum Gasteiger partial charge on any atom is 0.266 e. The maximum atomic E-state index is 12.2. The summed E-state index contributed by atoms with van der Waals surface area (Å²) in [5.41, 5.74) is 2.82. The third-order valence-corrected chi connectivity index (χ3v) is 3.11. The summed E-state index contributed by atoms with van der Waals surface area (Å²) >= 11 is 0. The van der Waals surface area contributed by atoms with Crippen molar-refractivity contribution in [2.24, 2.45) is 0 Å². The molecule has 0 aliphatic rings. The second-order valence-corrected chi connectivity index (χ2v) is 4.67. The quantitative estimate of drug-likeness (QED) is 0.694. The van der Waals surface area contributed by atoms with E-state index in [0.29, 0.717) is 16.8 Å². The fourth-order valence-electron chi connectivity index (χ4n) is 1.87. The van der Waals surface area contributed by atoms with E-state index in [1.54, 1.807) is 30.3 Å². The lowest BCUT2D eigenvalue weighted by Crippen LogP contribution is -2.14. The van der Waals surface area contributed by atoms with E-state index in [0.717, 1.165) is 5.56 Å². The number of nitrogens with one attached hydrogen (secondary N) is 1. The van der Waals surface area contributed by atoms with Crippen LogP contribution in [0, 0.1) is 29.6 Å². The van der Waals surface area contributed by atoms with E-state index in [1.165, 1.54) is 6.08 Å². The molecule has 0 saturated carbocycles.